The van der Waals surface area contributed by atoms with Crippen molar-refractivity contribution in [2.75, 3.05) is 19.8 Å². The second-order valence-corrected chi connectivity index (χ2v) is 3.52. The summed E-state index contributed by atoms with van der Waals surface area (Å²) in [6, 6.07) is 5.54. The Balaban J connectivity index is 2.68. The van der Waals surface area contributed by atoms with E-state index in [1.807, 2.05) is 25.1 Å². The Bertz CT molecular complexity index is 305. The number of ether oxygens (including phenoxy) is 1. The standard InChI is InChI=1S/C11H16ClNO2/c1-2-15-11-4-3-10(12)7-9(11)8-13-5-6-14/h3-4,7,13-14H,2,5-6,8H2,1H3. The number of aliphatic hydroxyl groups excluding tert-OH is 1. The second kappa shape index (κ2) is 6.67. The number of aliphatic hydroxyl groups is 1. The molecule has 0 unspecified atom stereocenters. The van der Waals surface area contributed by atoms with E-state index < -0.39 is 0 Å². The van der Waals surface area contributed by atoms with Gasteiger partial charge in [-0.2, -0.15) is 0 Å². The largest absolute Gasteiger partial charge is 0.494 e. The summed E-state index contributed by atoms with van der Waals surface area (Å²) in [6.07, 6.45) is 0. The Kier molecular flexibility index (Phi) is 5.47. The highest BCUT2D eigenvalue weighted by molar-refractivity contribution is 6.30. The second-order valence-electron chi connectivity index (χ2n) is 3.09. The van der Waals surface area contributed by atoms with Crippen LogP contribution in [-0.4, -0.2) is 24.9 Å². The lowest BCUT2D eigenvalue weighted by molar-refractivity contribution is 0.290. The molecule has 84 valence electrons. The van der Waals surface area contributed by atoms with E-state index in [4.69, 9.17) is 21.4 Å². The molecular weight excluding hydrogens is 214 g/mol. The van der Waals surface area contributed by atoms with E-state index in [2.05, 4.69) is 5.32 Å². The zero-order valence-electron chi connectivity index (χ0n) is 8.79. The monoisotopic (exact) mass is 229 g/mol. The molecule has 0 spiro atoms. The van der Waals surface area contributed by atoms with E-state index in [9.17, 15) is 0 Å². The molecule has 0 aliphatic heterocycles. The van der Waals surface area contributed by atoms with Crippen LogP contribution in [0.1, 0.15) is 12.5 Å². The summed E-state index contributed by atoms with van der Waals surface area (Å²) in [7, 11) is 0. The molecule has 1 aromatic carbocycles. The summed E-state index contributed by atoms with van der Waals surface area (Å²) in [5.74, 6) is 0.840. The zero-order valence-corrected chi connectivity index (χ0v) is 9.55. The van der Waals surface area contributed by atoms with Gasteiger partial charge in [0.15, 0.2) is 0 Å². The Morgan fingerprint density at radius 1 is 1.47 bits per heavy atom. The number of nitrogens with one attached hydrogen (secondary N) is 1. The van der Waals surface area contributed by atoms with Crippen molar-refractivity contribution in [3.8, 4) is 5.75 Å². The quantitative estimate of drug-likeness (QED) is 0.732. The molecule has 1 aromatic rings. The highest BCUT2D eigenvalue weighted by Gasteiger charge is 2.03. The first-order chi connectivity index (χ1) is 7.27. The fourth-order valence-corrected chi connectivity index (χ4v) is 1.48. The summed E-state index contributed by atoms with van der Waals surface area (Å²) in [6.45, 7) is 3.92. The maximum absolute atomic E-state index is 8.65. The number of hydrogen-bond donors (Lipinski definition) is 2. The van der Waals surface area contributed by atoms with Gasteiger partial charge >= 0.3 is 0 Å². The van der Waals surface area contributed by atoms with Gasteiger partial charge in [0.25, 0.3) is 0 Å². The predicted molar refractivity (Wildman–Crippen MR) is 61.4 cm³/mol. The smallest absolute Gasteiger partial charge is 0.123 e. The number of halogens is 1. The summed E-state index contributed by atoms with van der Waals surface area (Å²) >= 11 is 5.90. The molecule has 2 N–H and O–H groups in total. The van der Waals surface area contributed by atoms with Gasteiger partial charge in [0.05, 0.1) is 13.2 Å². The van der Waals surface area contributed by atoms with E-state index in [1.54, 1.807) is 0 Å². The number of hydrogen-bond acceptors (Lipinski definition) is 3. The summed E-state index contributed by atoms with van der Waals surface area (Å²) in [5.41, 5.74) is 1.01. The van der Waals surface area contributed by atoms with Crippen LogP contribution >= 0.6 is 11.6 Å². The molecule has 0 bridgehead atoms. The summed E-state index contributed by atoms with van der Waals surface area (Å²) < 4.78 is 5.46. The topological polar surface area (TPSA) is 41.5 Å². The van der Waals surface area contributed by atoms with Crippen LogP contribution in [0.2, 0.25) is 5.02 Å². The fraction of sp³-hybridized carbons (Fsp3) is 0.455. The van der Waals surface area contributed by atoms with Crippen LogP contribution in [0, 0.1) is 0 Å². The molecule has 0 aromatic heterocycles. The minimum absolute atomic E-state index is 0.129. The lowest BCUT2D eigenvalue weighted by Gasteiger charge is -2.10. The molecule has 0 saturated carbocycles. The third-order valence-electron chi connectivity index (χ3n) is 1.93. The Morgan fingerprint density at radius 3 is 2.93 bits per heavy atom. The summed E-state index contributed by atoms with van der Waals surface area (Å²) in [4.78, 5) is 0. The zero-order chi connectivity index (χ0) is 11.1. The molecule has 0 heterocycles. The van der Waals surface area contributed by atoms with Gasteiger partial charge in [-0.15, -0.1) is 0 Å². The first-order valence-electron chi connectivity index (χ1n) is 5.00. The molecule has 4 heteroatoms. The third-order valence-corrected chi connectivity index (χ3v) is 2.16. The molecule has 0 aliphatic carbocycles. The number of benzene rings is 1. The molecule has 0 aliphatic rings. The molecule has 15 heavy (non-hydrogen) atoms. The minimum Gasteiger partial charge on any atom is -0.494 e. The van der Waals surface area contributed by atoms with E-state index >= 15 is 0 Å². The third kappa shape index (κ3) is 4.08. The summed E-state index contributed by atoms with van der Waals surface area (Å²) in [5, 5.41) is 12.4. The van der Waals surface area contributed by atoms with Gasteiger partial charge in [-0.3, -0.25) is 0 Å². The van der Waals surface area contributed by atoms with Crippen molar-refractivity contribution in [3.05, 3.63) is 28.8 Å². The number of rotatable bonds is 6. The first kappa shape index (κ1) is 12.3. The van der Waals surface area contributed by atoms with Gasteiger partial charge in [-0.25, -0.2) is 0 Å². The maximum Gasteiger partial charge on any atom is 0.123 e. The average molecular weight is 230 g/mol. The van der Waals surface area contributed by atoms with Crippen LogP contribution < -0.4 is 10.1 Å². The Morgan fingerprint density at radius 2 is 2.27 bits per heavy atom. The van der Waals surface area contributed by atoms with Crippen LogP contribution in [0.15, 0.2) is 18.2 Å². The molecule has 0 fully saturated rings. The van der Waals surface area contributed by atoms with E-state index in [0.29, 0.717) is 24.7 Å². The predicted octanol–water partition coefficient (Wildman–Crippen LogP) is 1.82. The van der Waals surface area contributed by atoms with E-state index in [0.717, 1.165) is 11.3 Å². The SMILES string of the molecule is CCOc1ccc(Cl)cc1CNCCO. The van der Waals surface area contributed by atoms with Crippen LogP contribution in [0.5, 0.6) is 5.75 Å². The average Bonchev–Trinajstić information content (AvgIpc) is 2.22. The van der Waals surface area contributed by atoms with Gasteiger partial charge in [0.1, 0.15) is 5.75 Å². The highest BCUT2D eigenvalue weighted by atomic mass is 35.5. The van der Waals surface area contributed by atoms with Crippen molar-refractivity contribution in [3.63, 3.8) is 0 Å². The molecular formula is C11H16ClNO2. The molecule has 0 atom stereocenters. The Hall–Kier alpha value is -0.770. The van der Waals surface area contributed by atoms with Gasteiger partial charge in [-0.1, -0.05) is 11.6 Å². The van der Waals surface area contributed by atoms with Crippen LogP contribution in [0.4, 0.5) is 0 Å². The fourth-order valence-electron chi connectivity index (χ4n) is 1.28. The van der Waals surface area contributed by atoms with Crippen molar-refractivity contribution in [1.82, 2.24) is 5.32 Å². The minimum atomic E-state index is 0.129. The van der Waals surface area contributed by atoms with Gasteiger partial charge in [0, 0.05) is 23.7 Å². The van der Waals surface area contributed by atoms with Crippen molar-refractivity contribution in [1.29, 1.82) is 0 Å². The van der Waals surface area contributed by atoms with Crippen molar-refractivity contribution >= 4 is 11.6 Å². The lowest BCUT2D eigenvalue weighted by atomic mass is 10.2. The normalized spacial score (nSPS) is 10.3. The first-order valence-corrected chi connectivity index (χ1v) is 5.38. The molecule has 0 amide bonds. The van der Waals surface area contributed by atoms with Crippen molar-refractivity contribution in [2.24, 2.45) is 0 Å². The van der Waals surface area contributed by atoms with Crippen LogP contribution in [0.25, 0.3) is 0 Å². The molecule has 0 saturated heterocycles. The van der Waals surface area contributed by atoms with Crippen LogP contribution in [0.3, 0.4) is 0 Å². The van der Waals surface area contributed by atoms with Gasteiger partial charge < -0.3 is 15.2 Å². The maximum atomic E-state index is 8.65. The van der Waals surface area contributed by atoms with Crippen LogP contribution in [-0.2, 0) is 6.54 Å². The van der Waals surface area contributed by atoms with Gasteiger partial charge in [-0.05, 0) is 25.1 Å². The molecule has 1 rings (SSSR count). The van der Waals surface area contributed by atoms with E-state index in [-0.39, 0.29) is 6.61 Å². The highest BCUT2D eigenvalue weighted by Crippen LogP contribution is 2.22. The Labute approximate surface area is 95.0 Å². The van der Waals surface area contributed by atoms with Gasteiger partial charge in [0.2, 0.25) is 0 Å². The lowest BCUT2D eigenvalue weighted by Crippen LogP contribution is -2.18. The van der Waals surface area contributed by atoms with E-state index in [1.165, 1.54) is 0 Å². The molecule has 0 radical (unpaired) electrons. The van der Waals surface area contributed by atoms with Crippen molar-refractivity contribution in [2.45, 2.75) is 13.5 Å². The van der Waals surface area contributed by atoms with Crippen molar-refractivity contribution < 1.29 is 9.84 Å². The molecule has 3 nitrogen and oxygen atoms in total.